The fourth-order valence-electron chi connectivity index (χ4n) is 2.99. The summed E-state index contributed by atoms with van der Waals surface area (Å²) in [5, 5.41) is 8.51. The Balaban J connectivity index is 2.07. The summed E-state index contributed by atoms with van der Waals surface area (Å²) in [7, 11) is -3.69. The molecule has 0 aromatic carbocycles. The van der Waals surface area contributed by atoms with Crippen molar-refractivity contribution in [2.75, 3.05) is 10.8 Å². The molecule has 2 aromatic rings. The topological polar surface area (TPSA) is 85.9 Å². The summed E-state index contributed by atoms with van der Waals surface area (Å²) in [6.45, 7) is 9.50. The molecule has 3 rings (SSSR count). The maximum absolute atomic E-state index is 13.2. The Morgan fingerprint density at radius 2 is 2.00 bits per heavy atom. The number of aryl methyl sites for hydroxylation is 2. The first-order valence-electron chi connectivity index (χ1n) is 7.77. The number of rotatable bonds is 4. The minimum absolute atomic E-state index is 0.287. The largest absolute Gasteiger partial charge is 0.270 e. The molecule has 2 aromatic heterocycles. The maximum Gasteiger partial charge on any atom is 0.270 e. The zero-order valence-electron chi connectivity index (χ0n) is 13.9. The Labute approximate surface area is 136 Å². The van der Waals surface area contributed by atoms with E-state index in [4.69, 9.17) is 0 Å². The molecule has 0 N–H and O–H groups in total. The van der Waals surface area contributed by atoms with Gasteiger partial charge < -0.3 is 0 Å². The van der Waals surface area contributed by atoms with Crippen LogP contribution in [0.4, 0.5) is 5.95 Å². The van der Waals surface area contributed by atoms with Gasteiger partial charge in [0.05, 0.1) is 11.4 Å². The molecule has 1 aliphatic rings. The van der Waals surface area contributed by atoms with E-state index in [2.05, 4.69) is 29.0 Å². The molecule has 0 saturated carbocycles. The molecule has 0 bridgehead atoms. The molecule has 0 spiro atoms. The van der Waals surface area contributed by atoms with Crippen molar-refractivity contribution < 1.29 is 8.42 Å². The quantitative estimate of drug-likeness (QED) is 0.840. The van der Waals surface area contributed by atoms with E-state index in [1.165, 1.54) is 10.6 Å². The van der Waals surface area contributed by atoms with Crippen LogP contribution in [-0.4, -0.2) is 39.5 Å². The van der Waals surface area contributed by atoms with Crippen LogP contribution in [0.1, 0.15) is 31.7 Å². The van der Waals surface area contributed by atoms with Crippen molar-refractivity contribution in [1.82, 2.24) is 24.5 Å². The normalized spacial score (nSPS) is 15.3. The molecule has 0 radical (unpaired) electrons. The summed E-state index contributed by atoms with van der Waals surface area (Å²) in [5.41, 5.74) is 1.20. The van der Waals surface area contributed by atoms with Crippen LogP contribution in [0.5, 0.6) is 0 Å². The fraction of sp³-hybridized carbons (Fsp3) is 0.643. The number of hydrogen-bond donors (Lipinski definition) is 0. The standard InChI is InChI=1S/C14H22N6O2S/c1-10(2)8-19-12(4)13(11(3)17-19)23(21,22)20-7-5-6-18-14(20)15-9-16-18/h9-10H,5-8H2,1-4H3. The molecule has 0 saturated heterocycles. The van der Waals surface area contributed by atoms with Crippen molar-refractivity contribution in [3.8, 4) is 0 Å². The highest BCUT2D eigenvalue weighted by Gasteiger charge is 2.35. The molecular weight excluding hydrogens is 316 g/mol. The van der Waals surface area contributed by atoms with Gasteiger partial charge in [0.25, 0.3) is 10.0 Å². The second-order valence-corrected chi connectivity index (χ2v) is 8.09. The molecule has 8 nitrogen and oxygen atoms in total. The number of nitrogens with zero attached hydrogens (tertiary/aromatic N) is 6. The second kappa shape index (κ2) is 5.63. The van der Waals surface area contributed by atoms with Gasteiger partial charge in [-0.2, -0.15) is 15.2 Å². The van der Waals surface area contributed by atoms with Gasteiger partial charge in [-0.3, -0.25) is 4.68 Å². The van der Waals surface area contributed by atoms with Crippen LogP contribution in [0.25, 0.3) is 0 Å². The van der Waals surface area contributed by atoms with Gasteiger partial charge in [-0.25, -0.2) is 17.4 Å². The minimum Gasteiger partial charge on any atom is -0.268 e. The van der Waals surface area contributed by atoms with Crippen LogP contribution in [0, 0.1) is 19.8 Å². The molecule has 0 fully saturated rings. The average molecular weight is 338 g/mol. The molecule has 0 amide bonds. The van der Waals surface area contributed by atoms with Gasteiger partial charge in [-0.1, -0.05) is 13.8 Å². The molecular formula is C14H22N6O2S. The van der Waals surface area contributed by atoms with E-state index in [-0.39, 0.29) is 4.90 Å². The molecule has 9 heteroatoms. The SMILES string of the molecule is Cc1nn(CC(C)C)c(C)c1S(=O)(=O)N1CCCn2ncnc21. The first kappa shape index (κ1) is 16.0. The van der Waals surface area contributed by atoms with Gasteiger partial charge in [0.15, 0.2) is 0 Å². The molecule has 0 aliphatic carbocycles. The van der Waals surface area contributed by atoms with E-state index in [0.29, 0.717) is 49.3 Å². The van der Waals surface area contributed by atoms with Crippen molar-refractivity contribution in [3.05, 3.63) is 17.7 Å². The van der Waals surface area contributed by atoms with Gasteiger partial charge in [0, 0.05) is 19.6 Å². The van der Waals surface area contributed by atoms with Crippen molar-refractivity contribution in [3.63, 3.8) is 0 Å². The van der Waals surface area contributed by atoms with Crippen LogP contribution < -0.4 is 4.31 Å². The first-order valence-corrected chi connectivity index (χ1v) is 9.21. The Morgan fingerprint density at radius 3 is 2.70 bits per heavy atom. The summed E-state index contributed by atoms with van der Waals surface area (Å²) >= 11 is 0. The van der Waals surface area contributed by atoms with Crippen molar-refractivity contribution in [1.29, 1.82) is 0 Å². The predicted octanol–water partition coefficient (Wildman–Crippen LogP) is 1.35. The highest BCUT2D eigenvalue weighted by Crippen LogP contribution is 2.29. The van der Waals surface area contributed by atoms with Crippen LogP contribution in [0.3, 0.4) is 0 Å². The summed E-state index contributed by atoms with van der Waals surface area (Å²) in [5.74, 6) is 0.772. The Bertz CT molecular complexity index is 820. The van der Waals surface area contributed by atoms with E-state index in [9.17, 15) is 8.42 Å². The fourth-order valence-corrected chi connectivity index (χ4v) is 4.83. The molecule has 1 aliphatic heterocycles. The van der Waals surface area contributed by atoms with Gasteiger partial charge in [-0.15, -0.1) is 0 Å². The van der Waals surface area contributed by atoms with Crippen molar-refractivity contribution in [2.45, 2.75) is 52.1 Å². The number of fused-ring (bicyclic) bond motifs is 1. The number of sulfonamides is 1. The zero-order valence-corrected chi connectivity index (χ0v) is 14.7. The van der Waals surface area contributed by atoms with E-state index in [1.54, 1.807) is 16.3 Å². The summed E-state index contributed by atoms with van der Waals surface area (Å²) < 4.78 is 31.1. The second-order valence-electron chi connectivity index (χ2n) is 6.29. The van der Waals surface area contributed by atoms with Crippen LogP contribution >= 0.6 is 0 Å². The smallest absolute Gasteiger partial charge is 0.268 e. The van der Waals surface area contributed by atoms with E-state index >= 15 is 0 Å². The number of anilines is 1. The third-order valence-corrected chi connectivity index (χ3v) is 5.98. The molecule has 3 heterocycles. The summed E-state index contributed by atoms with van der Waals surface area (Å²) in [4.78, 5) is 4.40. The number of hydrogen-bond acceptors (Lipinski definition) is 5. The molecule has 0 unspecified atom stereocenters. The van der Waals surface area contributed by atoms with Gasteiger partial charge >= 0.3 is 0 Å². The zero-order chi connectivity index (χ0) is 16.8. The molecule has 23 heavy (non-hydrogen) atoms. The van der Waals surface area contributed by atoms with Crippen LogP contribution in [-0.2, 0) is 23.1 Å². The van der Waals surface area contributed by atoms with Crippen LogP contribution in [0.15, 0.2) is 11.2 Å². The first-order chi connectivity index (χ1) is 10.8. The molecule has 126 valence electrons. The Kier molecular flexibility index (Phi) is 3.91. The third kappa shape index (κ3) is 2.62. The minimum atomic E-state index is -3.69. The van der Waals surface area contributed by atoms with Crippen molar-refractivity contribution in [2.24, 2.45) is 5.92 Å². The van der Waals surface area contributed by atoms with Crippen molar-refractivity contribution >= 4 is 16.0 Å². The predicted molar refractivity (Wildman–Crippen MR) is 85.7 cm³/mol. The van der Waals surface area contributed by atoms with E-state index < -0.39 is 10.0 Å². The average Bonchev–Trinajstić information content (AvgIpc) is 3.03. The van der Waals surface area contributed by atoms with Gasteiger partial charge in [0.1, 0.15) is 11.2 Å². The Hall–Kier alpha value is -1.90. The lowest BCUT2D eigenvalue weighted by atomic mass is 10.2. The third-order valence-electron chi connectivity index (χ3n) is 3.95. The van der Waals surface area contributed by atoms with Gasteiger partial charge in [-0.05, 0) is 26.2 Å². The lowest BCUT2D eigenvalue weighted by Gasteiger charge is -2.27. The van der Waals surface area contributed by atoms with E-state index in [0.717, 1.165) is 0 Å². The monoisotopic (exact) mass is 338 g/mol. The van der Waals surface area contributed by atoms with Gasteiger partial charge in [0.2, 0.25) is 5.95 Å². The molecule has 0 atom stereocenters. The summed E-state index contributed by atoms with van der Waals surface area (Å²) in [6, 6.07) is 0. The maximum atomic E-state index is 13.2. The summed E-state index contributed by atoms with van der Waals surface area (Å²) in [6.07, 6.45) is 2.11. The lowest BCUT2D eigenvalue weighted by Crippen LogP contribution is -2.38. The highest BCUT2D eigenvalue weighted by molar-refractivity contribution is 7.93. The highest BCUT2D eigenvalue weighted by atomic mass is 32.2. The lowest BCUT2D eigenvalue weighted by molar-refractivity contribution is 0.471. The van der Waals surface area contributed by atoms with E-state index in [1.807, 2.05) is 6.92 Å². The Morgan fingerprint density at radius 1 is 1.26 bits per heavy atom. The number of aromatic nitrogens is 5. The van der Waals surface area contributed by atoms with Crippen LogP contribution in [0.2, 0.25) is 0 Å².